The molecule has 0 aliphatic rings. The third-order valence-electron chi connectivity index (χ3n) is 1.57. The molecule has 0 fully saturated rings. The number of halogens is 8. The molecular formula is C8H12F8O2Si. The fourth-order valence-corrected chi connectivity index (χ4v) is 2.83. The summed E-state index contributed by atoms with van der Waals surface area (Å²) in [6.45, 7) is 1.43. The average Bonchev–Trinajstić information content (AvgIpc) is 1.89. The van der Waals surface area contributed by atoms with Crippen molar-refractivity contribution in [1.82, 2.24) is 0 Å². The van der Waals surface area contributed by atoms with E-state index in [2.05, 4.69) is 8.85 Å². The van der Waals surface area contributed by atoms with Crippen LogP contribution in [0.4, 0.5) is 35.1 Å². The average molecular weight is 320 g/mol. The maximum Gasteiger partial charge on any atom is 0.354 e. The van der Waals surface area contributed by atoms with Crippen molar-refractivity contribution in [2.75, 3.05) is 0 Å². The largest absolute Gasteiger partial charge is 0.354 e. The molecule has 0 radical (unpaired) electrons. The van der Waals surface area contributed by atoms with Crippen molar-refractivity contribution in [3.05, 3.63) is 0 Å². The Morgan fingerprint density at radius 3 is 1.26 bits per heavy atom. The van der Waals surface area contributed by atoms with E-state index in [0.717, 1.165) is 0 Å². The predicted octanol–water partition coefficient (Wildman–Crippen LogP) is 4.22. The lowest BCUT2D eigenvalue weighted by Crippen LogP contribution is -2.47. The highest BCUT2D eigenvalue weighted by Gasteiger charge is 2.48. The quantitative estimate of drug-likeness (QED) is 0.492. The van der Waals surface area contributed by atoms with Gasteiger partial charge in [-0.2, -0.15) is 17.6 Å². The minimum Gasteiger partial charge on any atom is -0.336 e. The highest BCUT2D eigenvalue weighted by molar-refractivity contribution is 6.64. The van der Waals surface area contributed by atoms with Crippen LogP contribution in [0, 0.1) is 0 Å². The van der Waals surface area contributed by atoms with Gasteiger partial charge in [0, 0.05) is 0 Å². The smallest absolute Gasteiger partial charge is 0.336 e. The standard InChI is InChI=1S/C8H12F8O2Si/c1-19(2,17-7(13,14)3-5(9)10)18-8(15,16)4-6(11)12/h5-6H,3-4H2,1-2H3. The van der Waals surface area contributed by atoms with Gasteiger partial charge >= 0.3 is 20.8 Å². The van der Waals surface area contributed by atoms with Gasteiger partial charge in [-0.05, 0) is 13.1 Å². The maximum atomic E-state index is 12.9. The molecule has 0 heterocycles. The fourth-order valence-electron chi connectivity index (χ4n) is 1.18. The molecule has 2 nitrogen and oxygen atoms in total. The van der Waals surface area contributed by atoms with E-state index in [0.29, 0.717) is 13.1 Å². The van der Waals surface area contributed by atoms with Crippen LogP contribution in [0.3, 0.4) is 0 Å². The van der Waals surface area contributed by atoms with E-state index in [9.17, 15) is 35.1 Å². The molecule has 19 heavy (non-hydrogen) atoms. The van der Waals surface area contributed by atoms with Gasteiger partial charge in [0.15, 0.2) is 0 Å². The molecule has 11 heteroatoms. The number of hydrogen-bond donors (Lipinski definition) is 0. The van der Waals surface area contributed by atoms with Crippen LogP contribution in [0.5, 0.6) is 0 Å². The van der Waals surface area contributed by atoms with Crippen LogP contribution >= 0.6 is 0 Å². The Kier molecular flexibility index (Phi) is 6.21. The first-order chi connectivity index (χ1) is 8.25. The summed E-state index contributed by atoms with van der Waals surface area (Å²) in [4.78, 5) is 0. The highest BCUT2D eigenvalue weighted by atomic mass is 28.4. The molecule has 0 spiro atoms. The zero-order chi connectivity index (χ0) is 15.5. The zero-order valence-electron chi connectivity index (χ0n) is 9.91. The summed E-state index contributed by atoms with van der Waals surface area (Å²) < 4.78 is 106. The Bertz CT molecular complexity index is 258. The van der Waals surface area contributed by atoms with Crippen LogP contribution in [-0.2, 0) is 8.85 Å². The van der Waals surface area contributed by atoms with E-state index in [4.69, 9.17) is 0 Å². The molecule has 0 amide bonds. The van der Waals surface area contributed by atoms with E-state index in [1.165, 1.54) is 0 Å². The molecule has 0 saturated carbocycles. The van der Waals surface area contributed by atoms with E-state index in [1.54, 1.807) is 0 Å². The summed E-state index contributed by atoms with van der Waals surface area (Å²) >= 11 is 0. The predicted molar refractivity (Wildman–Crippen MR) is 50.8 cm³/mol. The van der Waals surface area contributed by atoms with Crippen LogP contribution in [-0.4, -0.2) is 33.6 Å². The topological polar surface area (TPSA) is 18.5 Å². The van der Waals surface area contributed by atoms with Crippen LogP contribution < -0.4 is 0 Å². The molecule has 0 aromatic rings. The monoisotopic (exact) mass is 320 g/mol. The summed E-state index contributed by atoms with van der Waals surface area (Å²) in [5.41, 5.74) is 0. The molecule has 0 bridgehead atoms. The SMILES string of the molecule is C[Si](C)(OC(F)(F)CC(F)F)OC(F)(F)CC(F)F. The minimum atomic E-state index is -4.37. The van der Waals surface area contributed by atoms with Gasteiger partial charge in [-0.1, -0.05) is 0 Å². The molecule has 0 aliphatic carbocycles. The molecule has 0 N–H and O–H groups in total. The lowest BCUT2D eigenvalue weighted by atomic mass is 10.4. The van der Waals surface area contributed by atoms with Gasteiger partial charge in [-0.15, -0.1) is 0 Å². The molecule has 0 aromatic carbocycles. The molecule has 0 aromatic heterocycles. The molecular weight excluding hydrogens is 308 g/mol. The lowest BCUT2D eigenvalue weighted by Gasteiger charge is -2.31. The van der Waals surface area contributed by atoms with E-state index < -0.39 is 46.5 Å². The maximum absolute atomic E-state index is 12.9. The summed E-state index contributed by atoms with van der Waals surface area (Å²) in [6.07, 6.45) is -19.6. The molecule has 0 unspecified atom stereocenters. The molecule has 0 rings (SSSR count). The van der Waals surface area contributed by atoms with Crippen molar-refractivity contribution in [3.8, 4) is 0 Å². The van der Waals surface area contributed by atoms with Crippen molar-refractivity contribution < 1.29 is 44.0 Å². The number of hydrogen-bond acceptors (Lipinski definition) is 2. The van der Waals surface area contributed by atoms with Crippen LogP contribution in [0.25, 0.3) is 0 Å². The lowest BCUT2D eigenvalue weighted by molar-refractivity contribution is -0.250. The van der Waals surface area contributed by atoms with Gasteiger partial charge in [0.2, 0.25) is 12.9 Å². The third kappa shape index (κ3) is 9.16. The summed E-state index contributed by atoms with van der Waals surface area (Å²) in [6, 6.07) is 0. The van der Waals surface area contributed by atoms with Crippen LogP contribution in [0.2, 0.25) is 13.1 Å². The first kappa shape index (κ1) is 18.6. The second-order valence-electron chi connectivity index (χ2n) is 4.07. The Hall–Kier alpha value is -0.423. The van der Waals surface area contributed by atoms with Gasteiger partial charge < -0.3 is 8.85 Å². The Morgan fingerprint density at radius 2 is 1.05 bits per heavy atom. The Morgan fingerprint density at radius 1 is 0.789 bits per heavy atom. The van der Waals surface area contributed by atoms with Crippen LogP contribution in [0.15, 0.2) is 0 Å². The molecule has 0 saturated heterocycles. The number of rotatable bonds is 8. The van der Waals surface area contributed by atoms with E-state index in [-0.39, 0.29) is 0 Å². The zero-order valence-corrected chi connectivity index (χ0v) is 10.9. The van der Waals surface area contributed by atoms with Crippen molar-refractivity contribution in [2.24, 2.45) is 0 Å². The van der Waals surface area contributed by atoms with Gasteiger partial charge in [0.25, 0.3) is 0 Å². The third-order valence-corrected chi connectivity index (χ3v) is 3.15. The molecule has 0 atom stereocenters. The summed E-state index contributed by atoms with van der Waals surface area (Å²) in [5.74, 6) is 0. The van der Waals surface area contributed by atoms with E-state index >= 15 is 0 Å². The van der Waals surface area contributed by atoms with Crippen molar-refractivity contribution >= 4 is 8.56 Å². The van der Waals surface area contributed by atoms with Crippen molar-refractivity contribution in [1.29, 1.82) is 0 Å². The fraction of sp³-hybridized carbons (Fsp3) is 1.00. The van der Waals surface area contributed by atoms with Gasteiger partial charge in [0.1, 0.15) is 0 Å². The van der Waals surface area contributed by atoms with Gasteiger partial charge in [0.05, 0.1) is 12.8 Å². The second kappa shape index (κ2) is 6.35. The first-order valence-electron chi connectivity index (χ1n) is 4.97. The van der Waals surface area contributed by atoms with Gasteiger partial charge in [-0.25, -0.2) is 17.6 Å². The van der Waals surface area contributed by atoms with Crippen molar-refractivity contribution in [2.45, 2.75) is 51.0 Å². The highest BCUT2D eigenvalue weighted by Crippen LogP contribution is 2.33. The number of alkyl halides is 8. The Balaban J connectivity index is 4.62. The summed E-state index contributed by atoms with van der Waals surface area (Å²) in [5, 5.41) is 0. The van der Waals surface area contributed by atoms with Crippen LogP contribution in [0.1, 0.15) is 12.8 Å². The van der Waals surface area contributed by atoms with E-state index in [1.807, 2.05) is 0 Å². The van der Waals surface area contributed by atoms with Crippen molar-refractivity contribution in [3.63, 3.8) is 0 Å². The molecule has 0 aliphatic heterocycles. The molecule has 116 valence electrons. The summed E-state index contributed by atoms with van der Waals surface area (Å²) in [7, 11) is -4.27. The minimum absolute atomic E-state index is 0.714. The second-order valence-corrected chi connectivity index (χ2v) is 7.28. The Labute approximate surface area is 104 Å². The van der Waals surface area contributed by atoms with Gasteiger partial charge in [-0.3, -0.25) is 0 Å². The first-order valence-corrected chi connectivity index (χ1v) is 7.79. The normalized spacial score (nSPS) is 14.5.